The van der Waals surface area contributed by atoms with Gasteiger partial charge in [0.25, 0.3) is 0 Å². The van der Waals surface area contributed by atoms with Crippen LogP contribution in [0, 0.1) is 0 Å². The van der Waals surface area contributed by atoms with Gasteiger partial charge in [0.2, 0.25) is 10.0 Å². The lowest BCUT2D eigenvalue weighted by Gasteiger charge is -2.02. The molecule has 1 N–H and O–H groups in total. The van der Waals surface area contributed by atoms with Gasteiger partial charge < -0.3 is 4.52 Å². The van der Waals surface area contributed by atoms with E-state index >= 15 is 0 Å². The fraction of sp³-hybridized carbons (Fsp3) is 0.625. The minimum Gasteiger partial charge on any atom is -0.364 e. The molecular weight excluding hydrogens is 204 g/mol. The summed E-state index contributed by atoms with van der Waals surface area (Å²) >= 11 is 0. The summed E-state index contributed by atoms with van der Waals surface area (Å²) in [5.41, 5.74) is 0.987. The van der Waals surface area contributed by atoms with E-state index in [4.69, 9.17) is 0 Å². The Kier molecular flexibility index (Phi) is 4.09. The SMILES string of the molecule is CCS(=O)(=O)NCCCc1cnoc1. The Bertz CT molecular complexity index is 345. The Morgan fingerprint density at radius 3 is 2.93 bits per heavy atom. The van der Waals surface area contributed by atoms with E-state index in [-0.39, 0.29) is 5.75 Å². The van der Waals surface area contributed by atoms with Crippen LogP contribution in [0.25, 0.3) is 0 Å². The van der Waals surface area contributed by atoms with E-state index in [1.165, 1.54) is 0 Å². The molecule has 0 aliphatic rings. The molecule has 1 rings (SSSR count). The lowest BCUT2D eigenvalue weighted by atomic mass is 10.2. The van der Waals surface area contributed by atoms with Gasteiger partial charge in [0.15, 0.2) is 0 Å². The molecule has 0 fully saturated rings. The molecule has 0 aromatic carbocycles. The van der Waals surface area contributed by atoms with Gasteiger partial charge in [-0.15, -0.1) is 0 Å². The van der Waals surface area contributed by atoms with Gasteiger partial charge >= 0.3 is 0 Å². The molecule has 1 aromatic rings. The van der Waals surface area contributed by atoms with Crippen molar-refractivity contribution in [3.8, 4) is 0 Å². The summed E-state index contributed by atoms with van der Waals surface area (Å²) in [4.78, 5) is 0. The predicted molar refractivity (Wildman–Crippen MR) is 52.3 cm³/mol. The molecule has 1 aromatic heterocycles. The van der Waals surface area contributed by atoms with E-state index in [0.29, 0.717) is 6.54 Å². The number of sulfonamides is 1. The number of hydrogen-bond acceptors (Lipinski definition) is 4. The maximum atomic E-state index is 11.0. The van der Waals surface area contributed by atoms with Crippen LogP contribution in [0.2, 0.25) is 0 Å². The second-order valence-electron chi connectivity index (χ2n) is 2.93. The molecule has 0 saturated carbocycles. The summed E-state index contributed by atoms with van der Waals surface area (Å²) in [6.07, 6.45) is 4.72. The summed E-state index contributed by atoms with van der Waals surface area (Å²) in [5, 5.41) is 3.55. The van der Waals surface area contributed by atoms with Crippen LogP contribution in [0.3, 0.4) is 0 Å². The first-order valence-corrected chi connectivity index (χ1v) is 6.15. The van der Waals surface area contributed by atoms with Gasteiger partial charge in [-0.1, -0.05) is 5.16 Å². The van der Waals surface area contributed by atoms with Crippen molar-refractivity contribution in [1.29, 1.82) is 0 Å². The van der Waals surface area contributed by atoms with Crippen LogP contribution < -0.4 is 4.72 Å². The van der Waals surface area contributed by atoms with Gasteiger partial charge in [-0.2, -0.15) is 0 Å². The second kappa shape index (κ2) is 5.11. The molecule has 14 heavy (non-hydrogen) atoms. The molecule has 0 unspecified atom stereocenters. The smallest absolute Gasteiger partial charge is 0.211 e. The average Bonchev–Trinajstić information content (AvgIpc) is 2.65. The zero-order valence-electron chi connectivity index (χ0n) is 8.06. The fourth-order valence-electron chi connectivity index (χ4n) is 0.972. The Balaban J connectivity index is 2.17. The highest BCUT2D eigenvalue weighted by Crippen LogP contribution is 2.00. The molecule has 0 radical (unpaired) electrons. The molecule has 0 spiro atoms. The third kappa shape index (κ3) is 3.89. The molecule has 0 bridgehead atoms. The van der Waals surface area contributed by atoms with E-state index in [9.17, 15) is 8.42 Å². The number of nitrogens with zero attached hydrogens (tertiary/aromatic N) is 1. The lowest BCUT2D eigenvalue weighted by Crippen LogP contribution is -2.26. The molecule has 6 heteroatoms. The minimum absolute atomic E-state index is 0.125. The van der Waals surface area contributed by atoms with Gasteiger partial charge in [-0.05, 0) is 19.8 Å². The topological polar surface area (TPSA) is 72.2 Å². The summed E-state index contributed by atoms with van der Waals surface area (Å²) in [6, 6.07) is 0. The highest BCUT2D eigenvalue weighted by molar-refractivity contribution is 7.89. The zero-order chi connectivity index (χ0) is 10.4. The number of hydrogen-bond donors (Lipinski definition) is 1. The normalized spacial score (nSPS) is 11.8. The number of aryl methyl sites for hydroxylation is 1. The van der Waals surface area contributed by atoms with E-state index in [1.54, 1.807) is 19.4 Å². The quantitative estimate of drug-likeness (QED) is 0.708. The van der Waals surface area contributed by atoms with Crippen molar-refractivity contribution < 1.29 is 12.9 Å². The van der Waals surface area contributed by atoms with Crippen molar-refractivity contribution in [2.45, 2.75) is 19.8 Å². The van der Waals surface area contributed by atoms with Crippen LogP contribution in [0.1, 0.15) is 18.9 Å². The summed E-state index contributed by atoms with van der Waals surface area (Å²) < 4.78 is 29.2. The number of rotatable bonds is 6. The van der Waals surface area contributed by atoms with Crippen LogP contribution in [-0.4, -0.2) is 25.9 Å². The van der Waals surface area contributed by atoms with E-state index < -0.39 is 10.0 Å². The number of aromatic nitrogens is 1. The summed E-state index contributed by atoms with van der Waals surface area (Å²) in [7, 11) is -3.05. The van der Waals surface area contributed by atoms with Crippen molar-refractivity contribution >= 4 is 10.0 Å². The first-order chi connectivity index (χ1) is 6.64. The number of nitrogens with one attached hydrogen (secondary N) is 1. The van der Waals surface area contributed by atoms with Crippen molar-refractivity contribution in [3.05, 3.63) is 18.0 Å². The standard InChI is InChI=1S/C8H14N2O3S/c1-2-14(11,12)10-5-3-4-8-6-9-13-7-8/h6-7,10H,2-5H2,1H3. The maximum Gasteiger partial charge on any atom is 0.211 e. The third-order valence-corrected chi connectivity index (χ3v) is 3.23. The molecule has 0 saturated heterocycles. The predicted octanol–water partition coefficient (Wildman–Crippen LogP) is 0.546. The van der Waals surface area contributed by atoms with E-state index in [1.807, 2.05) is 0 Å². The summed E-state index contributed by atoms with van der Waals surface area (Å²) in [6.45, 7) is 2.07. The molecule has 80 valence electrons. The second-order valence-corrected chi connectivity index (χ2v) is 5.03. The molecule has 0 amide bonds. The lowest BCUT2D eigenvalue weighted by molar-refractivity contribution is 0.418. The van der Waals surface area contributed by atoms with Gasteiger partial charge in [0.05, 0.1) is 11.9 Å². The van der Waals surface area contributed by atoms with Crippen molar-refractivity contribution in [2.75, 3.05) is 12.3 Å². The highest BCUT2D eigenvalue weighted by Gasteiger charge is 2.04. The van der Waals surface area contributed by atoms with Crippen LogP contribution in [0.15, 0.2) is 17.0 Å². The van der Waals surface area contributed by atoms with E-state index in [0.717, 1.165) is 18.4 Å². The average molecular weight is 218 g/mol. The molecule has 0 atom stereocenters. The highest BCUT2D eigenvalue weighted by atomic mass is 32.2. The van der Waals surface area contributed by atoms with Crippen molar-refractivity contribution in [2.24, 2.45) is 0 Å². The molecular formula is C8H14N2O3S. The van der Waals surface area contributed by atoms with Crippen molar-refractivity contribution in [1.82, 2.24) is 9.88 Å². The van der Waals surface area contributed by atoms with Gasteiger partial charge in [0, 0.05) is 12.1 Å². The van der Waals surface area contributed by atoms with Gasteiger partial charge in [-0.25, -0.2) is 13.1 Å². The summed E-state index contributed by atoms with van der Waals surface area (Å²) in [5.74, 6) is 0.125. The monoisotopic (exact) mass is 218 g/mol. The van der Waals surface area contributed by atoms with Gasteiger partial charge in [0.1, 0.15) is 6.26 Å². The molecule has 0 aliphatic carbocycles. The minimum atomic E-state index is -3.05. The Morgan fingerprint density at radius 2 is 2.36 bits per heavy atom. The molecule has 5 nitrogen and oxygen atoms in total. The molecule has 1 heterocycles. The third-order valence-electron chi connectivity index (χ3n) is 1.83. The van der Waals surface area contributed by atoms with Crippen molar-refractivity contribution in [3.63, 3.8) is 0 Å². The Morgan fingerprint density at radius 1 is 1.57 bits per heavy atom. The van der Waals surface area contributed by atoms with Crippen LogP contribution in [0.4, 0.5) is 0 Å². The molecule has 0 aliphatic heterocycles. The van der Waals surface area contributed by atoms with Crippen LogP contribution in [0.5, 0.6) is 0 Å². The van der Waals surface area contributed by atoms with E-state index in [2.05, 4.69) is 14.4 Å². The fourth-order valence-corrected chi connectivity index (χ4v) is 1.63. The Labute approximate surface area is 83.5 Å². The first kappa shape index (κ1) is 11.2. The van der Waals surface area contributed by atoms with Crippen LogP contribution >= 0.6 is 0 Å². The van der Waals surface area contributed by atoms with Gasteiger partial charge in [-0.3, -0.25) is 0 Å². The maximum absolute atomic E-state index is 11.0. The Hall–Kier alpha value is -0.880. The van der Waals surface area contributed by atoms with Crippen LogP contribution in [-0.2, 0) is 16.4 Å². The first-order valence-electron chi connectivity index (χ1n) is 4.49. The zero-order valence-corrected chi connectivity index (χ0v) is 8.88. The largest absolute Gasteiger partial charge is 0.364 e.